The van der Waals surface area contributed by atoms with Crippen LogP contribution in [0.3, 0.4) is 0 Å². The van der Waals surface area contributed by atoms with E-state index in [1.807, 2.05) is 0 Å². The minimum atomic E-state index is -3.37. The van der Waals surface area contributed by atoms with Gasteiger partial charge in [0.1, 0.15) is 0 Å². The first kappa shape index (κ1) is 15.4. The first-order valence-corrected chi connectivity index (χ1v) is 6.67. The SMILES string of the molecule is CCN(CCC(=O)OC)S(=O)(=O)C(C)(C)C. The number of esters is 1. The van der Waals surface area contributed by atoms with Gasteiger partial charge in [0.2, 0.25) is 10.0 Å². The Morgan fingerprint density at radius 2 is 1.81 bits per heavy atom. The smallest absolute Gasteiger partial charge is 0.306 e. The summed E-state index contributed by atoms with van der Waals surface area (Å²) in [5.74, 6) is -0.400. The van der Waals surface area contributed by atoms with Crippen LogP contribution in [-0.4, -0.2) is 43.6 Å². The summed E-state index contributed by atoms with van der Waals surface area (Å²) in [7, 11) is -2.08. The van der Waals surface area contributed by atoms with Gasteiger partial charge < -0.3 is 4.74 Å². The summed E-state index contributed by atoms with van der Waals surface area (Å²) in [5.41, 5.74) is 0. The second-order valence-electron chi connectivity index (χ2n) is 4.44. The molecule has 0 saturated carbocycles. The Hall–Kier alpha value is -0.620. The molecule has 0 aromatic rings. The van der Waals surface area contributed by atoms with Crippen LogP contribution in [0.25, 0.3) is 0 Å². The summed E-state index contributed by atoms with van der Waals surface area (Å²) in [6.45, 7) is 7.20. The van der Waals surface area contributed by atoms with Crippen LogP contribution in [-0.2, 0) is 19.6 Å². The predicted octanol–water partition coefficient (Wildman–Crippen LogP) is 1.000. The first-order chi connectivity index (χ1) is 7.16. The van der Waals surface area contributed by atoms with Crippen molar-refractivity contribution in [3.05, 3.63) is 0 Å². The lowest BCUT2D eigenvalue weighted by Crippen LogP contribution is -2.43. The molecule has 0 fully saturated rings. The number of sulfonamides is 1. The van der Waals surface area contributed by atoms with E-state index in [0.717, 1.165) is 0 Å². The standard InChI is InChI=1S/C10H21NO4S/c1-6-11(8-7-9(12)15-5)16(13,14)10(2,3)4/h6-8H2,1-5H3. The van der Waals surface area contributed by atoms with Crippen molar-refractivity contribution in [1.29, 1.82) is 0 Å². The van der Waals surface area contributed by atoms with Gasteiger partial charge in [0.15, 0.2) is 0 Å². The van der Waals surface area contributed by atoms with Crippen molar-refractivity contribution in [2.45, 2.75) is 38.9 Å². The molecular formula is C10H21NO4S. The summed E-state index contributed by atoms with van der Waals surface area (Å²) < 4.78 is 29.1. The van der Waals surface area contributed by atoms with Gasteiger partial charge in [-0.3, -0.25) is 4.79 Å². The number of carbonyl (C=O) groups excluding carboxylic acids is 1. The molecule has 6 heteroatoms. The van der Waals surface area contributed by atoms with E-state index >= 15 is 0 Å². The molecular weight excluding hydrogens is 230 g/mol. The maximum atomic E-state index is 12.1. The molecule has 0 unspecified atom stereocenters. The zero-order valence-electron chi connectivity index (χ0n) is 10.6. The highest BCUT2D eigenvalue weighted by Gasteiger charge is 2.34. The molecule has 0 atom stereocenters. The molecule has 0 aliphatic heterocycles. The number of nitrogens with zero attached hydrogens (tertiary/aromatic N) is 1. The zero-order valence-corrected chi connectivity index (χ0v) is 11.4. The molecule has 0 radical (unpaired) electrons. The van der Waals surface area contributed by atoms with Crippen LogP contribution in [0.2, 0.25) is 0 Å². The van der Waals surface area contributed by atoms with Gasteiger partial charge in [-0.2, -0.15) is 0 Å². The summed E-state index contributed by atoms with van der Waals surface area (Å²) in [6.07, 6.45) is 0.0830. The van der Waals surface area contributed by atoms with E-state index in [1.54, 1.807) is 27.7 Å². The normalized spacial score (nSPS) is 12.9. The maximum absolute atomic E-state index is 12.1. The molecule has 0 bridgehead atoms. The molecule has 96 valence electrons. The van der Waals surface area contributed by atoms with Crippen molar-refractivity contribution < 1.29 is 17.9 Å². The fourth-order valence-corrected chi connectivity index (χ4v) is 2.60. The number of carbonyl (C=O) groups is 1. The van der Waals surface area contributed by atoms with E-state index in [9.17, 15) is 13.2 Å². The monoisotopic (exact) mass is 251 g/mol. The van der Waals surface area contributed by atoms with Gasteiger partial charge in [-0.15, -0.1) is 0 Å². The Bertz CT molecular complexity index is 329. The first-order valence-electron chi connectivity index (χ1n) is 5.23. The van der Waals surface area contributed by atoms with Crippen molar-refractivity contribution >= 4 is 16.0 Å². The molecule has 0 spiro atoms. The fraction of sp³-hybridized carbons (Fsp3) is 0.900. The number of ether oxygens (including phenoxy) is 1. The molecule has 0 N–H and O–H groups in total. The topological polar surface area (TPSA) is 63.7 Å². The Kier molecular flexibility index (Phi) is 5.41. The molecule has 0 aliphatic rings. The minimum absolute atomic E-state index is 0.0830. The number of rotatable bonds is 5. The average molecular weight is 251 g/mol. The highest BCUT2D eigenvalue weighted by Crippen LogP contribution is 2.20. The van der Waals surface area contributed by atoms with Crippen LogP contribution >= 0.6 is 0 Å². The molecule has 16 heavy (non-hydrogen) atoms. The molecule has 0 amide bonds. The Labute approximate surface area is 97.8 Å². The van der Waals surface area contributed by atoms with E-state index in [0.29, 0.717) is 6.54 Å². The second kappa shape index (κ2) is 5.63. The van der Waals surface area contributed by atoms with E-state index in [1.165, 1.54) is 11.4 Å². The molecule has 0 aromatic heterocycles. The number of hydrogen-bond acceptors (Lipinski definition) is 4. The highest BCUT2D eigenvalue weighted by atomic mass is 32.2. The maximum Gasteiger partial charge on any atom is 0.306 e. The van der Waals surface area contributed by atoms with Crippen LogP contribution in [0.5, 0.6) is 0 Å². The van der Waals surface area contributed by atoms with Gasteiger partial charge in [0.25, 0.3) is 0 Å². The van der Waals surface area contributed by atoms with Crippen LogP contribution < -0.4 is 0 Å². The average Bonchev–Trinajstić information content (AvgIpc) is 2.16. The highest BCUT2D eigenvalue weighted by molar-refractivity contribution is 7.90. The number of hydrogen-bond donors (Lipinski definition) is 0. The van der Waals surface area contributed by atoms with Crippen LogP contribution in [0.1, 0.15) is 34.1 Å². The molecule has 5 nitrogen and oxygen atoms in total. The lowest BCUT2D eigenvalue weighted by molar-refractivity contribution is -0.140. The van der Waals surface area contributed by atoms with Gasteiger partial charge in [-0.25, -0.2) is 12.7 Å². The van der Waals surface area contributed by atoms with E-state index in [-0.39, 0.29) is 13.0 Å². The lowest BCUT2D eigenvalue weighted by atomic mass is 10.3. The summed E-state index contributed by atoms with van der Waals surface area (Å²) in [4.78, 5) is 11.0. The van der Waals surface area contributed by atoms with Gasteiger partial charge in [-0.05, 0) is 20.8 Å². The lowest BCUT2D eigenvalue weighted by Gasteiger charge is -2.28. The van der Waals surface area contributed by atoms with Crippen molar-refractivity contribution in [3.63, 3.8) is 0 Å². The molecule has 0 aromatic carbocycles. The largest absolute Gasteiger partial charge is 0.469 e. The van der Waals surface area contributed by atoms with Crippen molar-refractivity contribution in [1.82, 2.24) is 4.31 Å². The van der Waals surface area contributed by atoms with Crippen LogP contribution in [0.4, 0.5) is 0 Å². The van der Waals surface area contributed by atoms with Crippen molar-refractivity contribution in [2.24, 2.45) is 0 Å². The van der Waals surface area contributed by atoms with Gasteiger partial charge in [0.05, 0.1) is 18.3 Å². The van der Waals surface area contributed by atoms with Gasteiger partial charge >= 0.3 is 5.97 Å². The predicted molar refractivity (Wildman–Crippen MR) is 62.6 cm³/mol. The summed E-state index contributed by atoms with van der Waals surface area (Å²) >= 11 is 0. The molecule has 0 aliphatic carbocycles. The molecule has 0 heterocycles. The third kappa shape index (κ3) is 3.75. The Morgan fingerprint density at radius 3 is 2.12 bits per heavy atom. The van der Waals surface area contributed by atoms with Crippen molar-refractivity contribution in [2.75, 3.05) is 20.2 Å². The quantitative estimate of drug-likeness (QED) is 0.684. The van der Waals surface area contributed by atoms with Crippen molar-refractivity contribution in [3.8, 4) is 0 Å². The Morgan fingerprint density at radius 1 is 1.31 bits per heavy atom. The summed E-state index contributed by atoms with van der Waals surface area (Å²) in [5, 5.41) is 0. The van der Waals surface area contributed by atoms with E-state index < -0.39 is 20.7 Å². The Balaban J connectivity index is 4.70. The fourth-order valence-electron chi connectivity index (χ4n) is 1.15. The van der Waals surface area contributed by atoms with Crippen LogP contribution in [0, 0.1) is 0 Å². The minimum Gasteiger partial charge on any atom is -0.469 e. The van der Waals surface area contributed by atoms with E-state index in [4.69, 9.17) is 0 Å². The summed E-state index contributed by atoms with van der Waals surface area (Å²) in [6, 6.07) is 0. The molecule has 0 rings (SSSR count). The zero-order chi connectivity index (χ0) is 13.0. The second-order valence-corrected chi connectivity index (χ2v) is 7.13. The van der Waals surface area contributed by atoms with E-state index in [2.05, 4.69) is 4.74 Å². The third-order valence-corrected chi connectivity index (χ3v) is 4.93. The van der Waals surface area contributed by atoms with Gasteiger partial charge in [-0.1, -0.05) is 6.92 Å². The van der Waals surface area contributed by atoms with Gasteiger partial charge in [0, 0.05) is 13.1 Å². The van der Waals surface area contributed by atoms with Crippen LogP contribution in [0.15, 0.2) is 0 Å². The third-order valence-electron chi connectivity index (χ3n) is 2.26. The number of methoxy groups -OCH3 is 1. The molecule has 0 saturated heterocycles.